The van der Waals surface area contributed by atoms with Gasteiger partial charge in [-0.2, -0.15) is 0 Å². The molecule has 146 valence electrons. The first kappa shape index (κ1) is 19.4. The molecule has 0 atom stereocenters. The summed E-state index contributed by atoms with van der Waals surface area (Å²) in [5, 5.41) is 0.893. The summed E-state index contributed by atoms with van der Waals surface area (Å²) >= 11 is 7.38. The van der Waals surface area contributed by atoms with Crippen molar-refractivity contribution < 1.29 is 9.53 Å². The van der Waals surface area contributed by atoms with E-state index in [2.05, 4.69) is 9.97 Å². The Bertz CT molecular complexity index is 1250. The van der Waals surface area contributed by atoms with Crippen molar-refractivity contribution in [2.24, 2.45) is 0 Å². The molecular formula is C22H17ClN2O3S. The molecule has 29 heavy (non-hydrogen) atoms. The minimum Gasteiger partial charge on any atom is -0.461 e. The highest BCUT2D eigenvalue weighted by atomic mass is 35.5. The van der Waals surface area contributed by atoms with Gasteiger partial charge >= 0.3 is 5.97 Å². The van der Waals surface area contributed by atoms with E-state index in [1.54, 1.807) is 25.1 Å². The minimum absolute atomic E-state index is 0.269. The van der Waals surface area contributed by atoms with Gasteiger partial charge in [0.2, 0.25) is 0 Å². The number of nitrogens with zero attached hydrogens (tertiary/aromatic N) is 1. The van der Waals surface area contributed by atoms with Crippen molar-refractivity contribution in [3.63, 3.8) is 0 Å². The Kier molecular flexibility index (Phi) is 5.47. The second kappa shape index (κ2) is 8.19. The zero-order valence-corrected chi connectivity index (χ0v) is 17.1. The highest BCUT2D eigenvalue weighted by Gasteiger charge is 2.21. The third-order valence-electron chi connectivity index (χ3n) is 4.58. The number of thiophene rings is 1. The first-order valence-electron chi connectivity index (χ1n) is 9.04. The normalized spacial score (nSPS) is 11.0. The third-order valence-corrected chi connectivity index (χ3v) is 6.08. The molecule has 4 aromatic rings. The van der Waals surface area contributed by atoms with Gasteiger partial charge in [-0.15, -0.1) is 11.3 Å². The van der Waals surface area contributed by atoms with Gasteiger partial charge in [0, 0.05) is 12.0 Å². The molecule has 2 heterocycles. The van der Waals surface area contributed by atoms with Crippen LogP contribution in [0, 0.1) is 6.92 Å². The van der Waals surface area contributed by atoms with Gasteiger partial charge in [0.05, 0.1) is 17.0 Å². The lowest BCUT2D eigenvalue weighted by Gasteiger charge is -2.04. The lowest BCUT2D eigenvalue weighted by atomic mass is 10.2. The van der Waals surface area contributed by atoms with Gasteiger partial charge in [-0.1, -0.05) is 54.1 Å². The largest absolute Gasteiger partial charge is 0.461 e. The van der Waals surface area contributed by atoms with Crippen LogP contribution in [0.2, 0.25) is 5.02 Å². The molecule has 7 heteroatoms. The monoisotopic (exact) mass is 424 g/mol. The van der Waals surface area contributed by atoms with Crippen LogP contribution in [0.1, 0.15) is 20.8 Å². The quantitative estimate of drug-likeness (QED) is 0.457. The zero-order valence-electron chi connectivity index (χ0n) is 15.6. The standard InChI is InChI=1S/C22H17ClN2O3S/c1-13-17-20(26)24-19(15-9-5-6-10-16(15)23)25-21(17)29-18(13)22(27)28-12-11-14-7-3-2-4-8-14/h2-10H,11-12H2,1H3,(H,24,25,26). The number of carbonyl (C=O) groups excluding carboxylic acids is 1. The number of benzene rings is 2. The SMILES string of the molecule is Cc1c(C(=O)OCCc2ccccc2)sc2nc(-c3ccccc3Cl)[nH]c(=O)c12. The van der Waals surface area contributed by atoms with E-state index in [1.165, 1.54) is 0 Å². The second-order valence-corrected chi connectivity index (χ2v) is 7.91. The smallest absolute Gasteiger partial charge is 0.348 e. The average molecular weight is 425 g/mol. The van der Waals surface area contributed by atoms with Crippen molar-refractivity contribution in [3.05, 3.63) is 86.0 Å². The molecule has 1 N–H and O–H groups in total. The molecule has 0 aliphatic heterocycles. The number of fused-ring (bicyclic) bond motifs is 1. The minimum atomic E-state index is -0.444. The number of carbonyl (C=O) groups is 1. The molecule has 0 saturated heterocycles. The maximum absolute atomic E-state index is 12.7. The summed E-state index contributed by atoms with van der Waals surface area (Å²) in [5.74, 6) is -0.0709. The fraction of sp³-hybridized carbons (Fsp3) is 0.136. The van der Waals surface area contributed by atoms with Gasteiger partial charge in [0.15, 0.2) is 0 Å². The summed E-state index contributed by atoms with van der Waals surface area (Å²) in [4.78, 5) is 33.4. The van der Waals surface area contributed by atoms with E-state index in [-0.39, 0.29) is 12.2 Å². The number of H-pyrrole nitrogens is 1. The van der Waals surface area contributed by atoms with Crippen LogP contribution in [0.3, 0.4) is 0 Å². The molecule has 4 rings (SSSR count). The van der Waals surface area contributed by atoms with Crippen LogP contribution in [0.15, 0.2) is 59.4 Å². The molecule has 2 aromatic heterocycles. The van der Waals surface area contributed by atoms with E-state index >= 15 is 0 Å². The zero-order chi connectivity index (χ0) is 20.4. The van der Waals surface area contributed by atoms with Gasteiger partial charge in [-0.25, -0.2) is 9.78 Å². The number of hydrogen-bond donors (Lipinski definition) is 1. The molecule has 0 fully saturated rings. The fourth-order valence-electron chi connectivity index (χ4n) is 3.09. The number of halogens is 1. The first-order chi connectivity index (χ1) is 14.0. The molecule has 2 aromatic carbocycles. The molecule has 0 spiro atoms. The second-order valence-electron chi connectivity index (χ2n) is 6.50. The molecule has 0 saturated carbocycles. The van der Waals surface area contributed by atoms with Crippen LogP contribution in [0.25, 0.3) is 21.6 Å². The van der Waals surface area contributed by atoms with Gasteiger partial charge in [0.25, 0.3) is 5.56 Å². The third kappa shape index (κ3) is 3.95. The summed E-state index contributed by atoms with van der Waals surface area (Å²) in [6.07, 6.45) is 0.631. The number of ether oxygens (including phenoxy) is 1. The maximum Gasteiger partial charge on any atom is 0.348 e. The number of hydrogen-bond acceptors (Lipinski definition) is 5. The van der Waals surface area contributed by atoms with Gasteiger partial charge in [0.1, 0.15) is 15.5 Å². The summed E-state index contributed by atoms with van der Waals surface area (Å²) in [6.45, 7) is 2.00. The molecule has 0 unspecified atom stereocenters. The molecule has 0 bridgehead atoms. The van der Waals surface area contributed by atoms with Gasteiger partial charge < -0.3 is 9.72 Å². The maximum atomic E-state index is 12.7. The Hall–Kier alpha value is -2.96. The molecule has 5 nitrogen and oxygen atoms in total. The number of rotatable bonds is 5. The Balaban J connectivity index is 1.61. The molecular weight excluding hydrogens is 408 g/mol. The summed E-state index contributed by atoms with van der Waals surface area (Å²) in [7, 11) is 0. The number of aromatic amines is 1. The summed E-state index contributed by atoms with van der Waals surface area (Å²) in [5.41, 5.74) is 2.00. The van der Waals surface area contributed by atoms with E-state index in [0.717, 1.165) is 16.9 Å². The van der Waals surface area contributed by atoms with Crippen LogP contribution in [0.4, 0.5) is 0 Å². The number of nitrogens with one attached hydrogen (secondary N) is 1. The van der Waals surface area contributed by atoms with Gasteiger partial charge in [-0.3, -0.25) is 4.79 Å². The van der Waals surface area contributed by atoms with Crippen LogP contribution in [0.5, 0.6) is 0 Å². The van der Waals surface area contributed by atoms with E-state index < -0.39 is 5.97 Å². The number of aryl methyl sites for hydroxylation is 1. The topological polar surface area (TPSA) is 72.0 Å². The Morgan fingerprint density at radius 3 is 2.62 bits per heavy atom. The number of aromatic nitrogens is 2. The van der Waals surface area contributed by atoms with Crippen LogP contribution in [-0.4, -0.2) is 22.5 Å². The molecule has 0 radical (unpaired) electrons. The predicted octanol–water partition coefficient (Wildman–Crippen LogP) is 5.01. The Morgan fingerprint density at radius 1 is 1.14 bits per heavy atom. The summed E-state index contributed by atoms with van der Waals surface area (Å²) < 4.78 is 5.43. The predicted molar refractivity (Wildman–Crippen MR) is 116 cm³/mol. The van der Waals surface area contributed by atoms with Crippen molar-refractivity contribution >= 4 is 39.1 Å². The molecule has 0 aliphatic rings. The Labute approximate surface area is 176 Å². The van der Waals surface area contributed by atoms with E-state index in [1.807, 2.05) is 36.4 Å². The van der Waals surface area contributed by atoms with E-state index in [4.69, 9.17) is 16.3 Å². The van der Waals surface area contributed by atoms with Crippen LogP contribution < -0.4 is 5.56 Å². The first-order valence-corrected chi connectivity index (χ1v) is 10.2. The Morgan fingerprint density at radius 2 is 1.86 bits per heavy atom. The fourth-order valence-corrected chi connectivity index (χ4v) is 4.39. The lowest BCUT2D eigenvalue weighted by Crippen LogP contribution is -2.10. The molecule has 0 aliphatic carbocycles. The van der Waals surface area contributed by atoms with Crippen molar-refractivity contribution in [1.29, 1.82) is 0 Å². The lowest BCUT2D eigenvalue weighted by molar-refractivity contribution is 0.0514. The number of esters is 1. The van der Waals surface area contributed by atoms with Crippen molar-refractivity contribution in [2.45, 2.75) is 13.3 Å². The molecule has 0 amide bonds. The summed E-state index contributed by atoms with van der Waals surface area (Å²) in [6, 6.07) is 16.9. The van der Waals surface area contributed by atoms with Crippen LogP contribution in [-0.2, 0) is 11.2 Å². The van der Waals surface area contributed by atoms with E-state index in [9.17, 15) is 9.59 Å². The highest BCUT2D eigenvalue weighted by Crippen LogP contribution is 2.30. The van der Waals surface area contributed by atoms with Crippen molar-refractivity contribution in [1.82, 2.24) is 9.97 Å². The van der Waals surface area contributed by atoms with Crippen molar-refractivity contribution in [3.8, 4) is 11.4 Å². The average Bonchev–Trinajstić information content (AvgIpc) is 3.06. The van der Waals surface area contributed by atoms with Gasteiger partial charge in [-0.05, 0) is 30.2 Å². The van der Waals surface area contributed by atoms with Crippen molar-refractivity contribution in [2.75, 3.05) is 6.61 Å². The highest BCUT2D eigenvalue weighted by molar-refractivity contribution is 7.20. The van der Waals surface area contributed by atoms with Crippen LogP contribution >= 0.6 is 22.9 Å². The van der Waals surface area contributed by atoms with E-state index in [0.29, 0.717) is 43.5 Å².